The number of ether oxygens (including phenoxy) is 1. The van der Waals surface area contributed by atoms with Crippen molar-refractivity contribution in [1.29, 1.82) is 0 Å². The summed E-state index contributed by atoms with van der Waals surface area (Å²) >= 11 is 0. The lowest BCUT2D eigenvalue weighted by molar-refractivity contribution is 0.184. The van der Waals surface area contributed by atoms with Crippen LogP contribution in [0.3, 0.4) is 0 Å². The van der Waals surface area contributed by atoms with E-state index in [9.17, 15) is 9.59 Å². The van der Waals surface area contributed by atoms with Crippen LogP contribution in [0.1, 0.15) is 16.7 Å². The van der Waals surface area contributed by atoms with Gasteiger partial charge in [-0.3, -0.25) is 9.36 Å². The van der Waals surface area contributed by atoms with Crippen molar-refractivity contribution < 1.29 is 4.74 Å². The molecule has 0 amide bonds. The number of nitrogens with zero attached hydrogens (tertiary/aromatic N) is 4. The fraction of sp³-hybridized carbons (Fsp3) is 0.261. The number of methoxy groups -OCH3 is 1. The van der Waals surface area contributed by atoms with E-state index in [4.69, 9.17) is 4.74 Å². The molecule has 2 aromatic carbocycles. The van der Waals surface area contributed by atoms with Gasteiger partial charge in [-0.15, -0.1) is 0 Å². The molecule has 0 aliphatic rings. The number of benzene rings is 2. The minimum Gasteiger partial charge on any atom is -0.383 e. The third-order valence-electron chi connectivity index (χ3n) is 5.38. The van der Waals surface area contributed by atoms with Crippen LogP contribution in [0.2, 0.25) is 0 Å². The summed E-state index contributed by atoms with van der Waals surface area (Å²) in [6, 6.07) is 15.6. The minimum absolute atomic E-state index is 0.172. The Bertz CT molecular complexity index is 1330. The largest absolute Gasteiger partial charge is 0.383 e. The summed E-state index contributed by atoms with van der Waals surface area (Å²) in [5.41, 5.74) is 3.84. The van der Waals surface area contributed by atoms with E-state index in [1.807, 2.05) is 66.9 Å². The van der Waals surface area contributed by atoms with E-state index in [0.29, 0.717) is 23.4 Å². The van der Waals surface area contributed by atoms with Crippen molar-refractivity contribution in [1.82, 2.24) is 18.7 Å². The number of aryl methyl sites for hydroxylation is 2. The summed E-state index contributed by atoms with van der Waals surface area (Å²) in [4.78, 5) is 31.1. The molecule has 0 bridgehead atoms. The van der Waals surface area contributed by atoms with Crippen molar-refractivity contribution in [2.45, 2.75) is 26.9 Å². The van der Waals surface area contributed by atoms with Crippen molar-refractivity contribution >= 4 is 11.2 Å². The molecule has 0 unspecified atom stereocenters. The maximum absolute atomic E-state index is 13.3. The van der Waals surface area contributed by atoms with Gasteiger partial charge >= 0.3 is 5.69 Å². The first-order chi connectivity index (χ1) is 14.5. The van der Waals surface area contributed by atoms with Crippen LogP contribution < -0.4 is 11.2 Å². The van der Waals surface area contributed by atoms with Crippen molar-refractivity contribution in [3.05, 3.63) is 92.4 Å². The van der Waals surface area contributed by atoms with Gasteiger partial charge in [-0.2, -0.15) is 0 Å². The summed E-state index contributed by atoms with van der Waals surface area (Å²) < 4.78 is 9.70. The number of imidazole rings is 1. The van der Waals surface area contributed by atoms with Gasteiger partial charge in [0.2, 0.25) is 0 Å². The molecule has 0 atom stereocenters. The highest BCUT2D eigenvalue weighted by atomic mass is 16.5. The van der Waals surface area contributed by atoms with Gasteiger partial charge in [0, 0.05) is 13.7 Å². The van der Waals surface area contributed by atoms with Crippen LogP contribution in [-0.4, -0.2) is 32.4 Å². The molecule has 0 fully saturated rings. The smallest absolute Gasteiger partial charge is 0.337 e. The van der Waals surface area contributed by atoms with Crippen molar-refractivity contribution in [3.63, 3.8) is 0 Å². The van der Waals surface area contributed by atoms with Crippen LogP contribution in [0.25, 0.3) is 16.9 Å². The SMILES string of the molecule is COCCn1c(=O)c2c(ncn2Cc2ccccc2C)n(-c2ccccc2C)c1=O. The zero-order valence-electron chi connectivity index (χ0n) is 17.3. The maximum Gasteiger partial charge on any atom is 0.337 e. The summed E-state index contributed by atoms with van der Waals surface area (Å²) in [6.07, 6.45) is 1.63. The van der Waals surface area contributed by atoms with E-state index >= 15 is 0 Å². The quantitative estimate of drug-likeness (QED) is 0.495. The Morgan fingerprint density at radius 2 is 1.67 bits per heavy atom. The number of fused-ring (bicyclic) bond motifs is 1. The van der Waals surface area contributed by atoms with Crippen LogP contribution in [0.15, 0.2) is 64.4 Å². The maximum atomic E-state index is 13.3. The molecule has 0 N–H and O–H groups in total. The fourth-order valence-electron chi connectivity index (χ4n) is 3.68. The molecule has 154 valence electrons. The Labute approximate surface area is 173 Å². The zero-order chi connectivity index (χ0) is 21.3. The lowest BCUT2D eigenvalue weighted by Gasteiger charge is -2.14. The zero-order valence-corrected chi connectivity index (χ0v) is 17.3. The van der Waals surface area contributed by atoms with E-state index < -0.39 is 5.69 Å². The Kier molecular flexibility index (Phi) is 5.37. The first-order valence-corrected chi connectivity index (χ1v) is 9.83. The predicted molar refractivity (Wildman–Crippen MR) is 116 cm³/mol. The second-order valence-electron chi connectivity index (χ2n) is 7.33. The van der Waals surface area contributed by atoms with Gasteiger partial charge in [-0.1, -0.05) is 42.5 Å². The summed E-state index contributed by atoms with van der Waals surface area (Å²) in [5.74, 6) is 0. The molecule has 0 aliphatic heterocycles. The molecule has 30 heavy (non-hydrogen) atoms. The molecule has 0 radical (unpaired) electrons. The number of para-hydroxylation sites is 1. The van der Waals surface area contributed by atoms with E-state index in [1.54, 1.807) is 13.4 Å². The monoisotopic (exact) mass is 404 g/mol. The average molecular weight is 404 g/mol. The summed E-state index contributed by atoms with van der Waals surface area (Å²) in [6.45, 7) is 4.90. The van der Waals surface area contributed by atoms with Gasteiger partial charge in [0.1, 0.15) is 0 Å². The van der Waals surface area contributed by atoms with Crippen LogP contribution in [0.4, 0.5) is 0 Å². The van der Waals surface area contributed by atoms with Gasteiger partial charge in [0.25, 0.3) is 5.56 Å². The van der Waals surface area contributed by atoms with Crippen LogP contribution in [0, 0.1) is 13.8 Å². The van der Waals surface area contributed by atoms with E-state index in [-0.39, 0.29) is 18.7 Å². The molecule has 7 heteroatoms. The average Bonchev–Trinajstić information content (AvgIpc) is 3.14. The molecular weight excluding hydrogens is 380 g/mol. The highest BCUT2D eigenvalue weighted by molar-refractivity contribution is 5.73. The Balaban J connectivity index is 2.01. The third kappa shape index (κ3) is 3.37. The molecule has 0 saturated heterocycles. The number of rotatable bonds is 6. The summed E-state index contributed by atoms with van der Waals surface area (Å²) in [7, 11) is 1.55. The van der Waals surface area contributed by atoms with Crippen LogP contribution in [0.5, 0.6) is 0 Å². The van der Waals surface area contributed by atoms with E-state index in [2.05, 4.69) is 4.98 Å². The Hall–Kier alpha value is -3.45. The minimum atomic E-state index is -0.417. The fourth-order valence-corrected chi connectivity index (χ4v) is 3.68. The van der Waals surface area contributed by atoms with Gasteiger partial charge in [-0.05, 0) is 36.6 Å². The second kappa shape index (κ2) is 8.12. The molecule has 0 aliphatic carbocycles. The number of hydrogen-bond acceptors (Lipinski definition) is 4. The normalized spacial score (nSPS) is 11.3. The highest BCUT2D eigenvalue weighted by Crippen LogP contribution is 2.18. The number of aromatic nitrogens is 4. The van der Waals surface area contributed by atoms with Gasteiger partial charge in [0.15, 0.2) is 11.2 Å². The van der Waals surface area contributed by atoms with Gasteiger partial charge in [-0.25, -0.2) is 14.3 Å². The Morgan fingerprint density at radius 1 is 0.967 bits per heavy atom. The first kappa shape index (κ1) is 19.8. The van der Waals surface area contributed by atoms with Crippen molar-refractivity contribution in [2.75, 3.05) is 13.7 Å². The predicted octanol–water partition coefficient (Wildman–Crippen LogP) is 2.66. The summed E-state index contributed by atoms with van der Waals surface area (Å²) in [5, 5.41) is 0. The Morgan fingerprint density at radius 3 is 2.37 bits per heavy atom. The van der Waals surface area contributed by atoms with Gasteiger partial charge < -0.3 is 9.30 Å². The molecule has 2 aromatic heterocycles. The first-order valence-electron chi connectivity index (χ1n) is 9.83. The van der Waals surface area contributed by atoms with E-state index in [1.165, 1.54) is 9.13 Å². The molecule has 7 nitrogen and oxygen atoms in total. The lowest BCUT2D eigenvalue weighted by atomic mass is 10.1. The molecule has 4 aromatic rings. The highest BCUT2D eigenvalue weighted by Gasteiger charge is 2.20. The molecule has 2 heterocycles. The van der Waals surface area contributed by atoms with Crippen molar-refractivity contribution in [3.8, 4) is 5.69 Å². The topological polar surface area (TPSA) is 71.1 Å². The lowest BCUT2D eigenvalue weighted by Crippen LogP contribution is -2.41. The van der Waals surface area contributed by atoms with Crippen LogP contribution in [-0.2, 0) is 17.8 Å². The van der Waals surface area contributed by atoms with Crippen molar-refractivity contribution in [2.24, 2.45) is 0 Å². The second-order valence-corrected chi connectivity index (χ2v) is 7.33. The molecule has 0 spiro atoms. The molecule has 0 saturated carbocycles. The number of hydrogen-bond donors (Lipinski definition) is 0. The molecule has 4 rings (SSSR count). The van der Waals surface area contributed by atoms with Gasteiger partial charge in [0.05, 0.1) is 25.2 Å². The van der Waals surface area contributed by atoms with Crippen LogP contribution >= 0.6 is 0 Å². The third-order valence-corrected chi connectivity index (χ3v) is 5.38. The molecular formula is C23H24N4O3. The standard InChI is InChI=1S/C23H24N4O3/c1-16-8-4-6-10-18(16)14-25-15-24-21-20(25)22(28)26(12-13-30-3)23(29)27(21)19-11-7-5-9-17(19)2/h4-11,15H,12-14H2,1-3H3. The van der Waals surface area contributed by atoms with E-state index in [0.717, 1.165) is 16.7 Å².